The highest BCUT2D eigenvalue weighted by atomic mass is 16.4. The number of anilines is 1. The maximum atomic E-state index is 12.7. The summed E-state index contributed by atoms with van der Waals surface area (Å²) in [4.78, 5) is 27.2. The number of carbonyl (C=O) groups is 1. The van der Waals surface area contributed by atoms with E-state index in [1.165, 1.54) is 5.39 Å². The van der Waals surface area contributed by atoms with Crippen molar-refractivity contribution in [3.05, 3.63) is 87.8 Å². The Morgan fingerprint density at radius 3 is 2.47 bits per heavy atom. The number of rotatable bonds is 8. The molecule has 1 aromatic heterocycles. The third-order valence-corrected chi connectivity index (χ3v) is 6.33. The minimum atomic E-state index is -0.347. The van der Waals surface area contributed by atoms with E-state index in [4.69, 9.17) is 4.42 Å². The third kappa shape index (κ3) is 5.06. The Morgan fingerprint density at radius 1 is 0.941 bits per heavy atom. The van der Waals surface area contributed by atoms with Crippen molar-refractivity contribution in [1.29, 1.82) is 0 Å². The average molecular weight is 458 g/mol. The summed E-state index contributed by atoms with van der Waals surface area (Å²) in [5.41, 5.74) is 3.81. The maximum Gasteiger partial charge on any atom is 0.339 e. The highest BCUT2D eigenvalue weighted by Gasteiger charge is 2.13. The van der Waals surface area contributed by atoms with Crippen molar-refractivity contribution in [3.63, 3.8) is 0 Å². The van der Waals surface area contributed by atoms with E-state index in [0.29, 0.717) is 30.7 Å². The topological polar surface area (TPSA) is 74.6 Å². The van der Waals surface area contributed by atoms with Crippen molar-refractivity contribution in [2.75, 3.05) is 24.5 Å². The highest BCUT2D eigenvalue weighted by Crippen LogP contribution is 2.25. The molecule has 0 aliphatic heterocycles. The van der Waals surface area contributed by atoms with Gasteiger partial charge < -0.3 is 20.0 Å². The van der Waals surface area contributed by atoms with Gasteiger partial charge in [0.25, 0.3) is 0 Å². The van der Waals surface area contributed by atoms with E-state index in [1.807, 2.05) is 37.3 Å². The fraction of sp³-hybridized carbons (Fsp3) is 0.286. The molecule has 0 aliphatic carbocycles. The molecule has 0 unspecified atom stereocenters. The average Bonchev–Trinajstić information content (AvgIpc) is 2.85. The zero-order chi connectivity index (χ0) is 24.1. The zero-order valence-electron chi connectivity index (χ0n) is 20.0. The first kappa shape index (κ1) is 23.4. The van der Waals surface area contributed by atoms with E-state index in [9.17, 15) is 9.59 Å². The summed E-state index contributed by atoms with van der Waals surface area (Å²) in [6.45, 7) is 8.69. The predicted octanol–water partition coefficient (Wildman–Crippen LogP) is 5.14. The minimum absolute atomic E-state index is 0.264. The lowest BCUT2D eigenvalue weighted by Crippen LogP contribution is -2.36. The summed E-state index contributed by atoms with van der Waals surface area (Å²) in [5.74, 6) is 0. The quantitative estimate of drug-likeness (QED) is 0.359. The van der Waals surface area contributed by atoms with Gasteiger partial charge in [-0.15, -0.1) is 0 Å². The van der Waals surface area contributed by atoms with E-state index >= 15 is 0 Å². The molecule has 0 atom stereocenters. The van der Waals surface area contributed by atoms with Crippen LogP contribution in [0.5, 0.6) is 0 Å². The molecule has 3 aromatic carbocycles. The van der Waals surface area contributed by atoms with Gasteiger partial charge in [0.1, 0.15) is 5.58 Å². The van der Waals surface area contributed by atoms with Crippen molar-refractivity contribution in [1.82, 2.24) is 10.6 Å². The number of nitrogens with zero attached hydrogens (tertiary/aromatic N) is 1. The molecule has 176 valence electrons. The van der Waals surface area contributed by atoms with Crippen molar-refractivity contribution in [2.45, 2.75) is 33.7 Å². The Hall–Kier alpha value is -3.80. The standard InChI is InChI=1S/C28H31N3O3/c1-4-31(5-2)23-12-13-24-19(3)25(27(32)34-26(24)17-23)14-15-29-28(33)30-18-20-10-11-21-8-6-7-9-22(21)16-20/h6-13,16-17H,4-5,14-15,18H2,1-3H3,(H2,29,30,33). The second-order valence-corrected chi connectivity index (χ2v) is 8.39. The number of hydrogen-bond donors (Lipinski definition) is 2. The molecule has 0 saturated carbocycles. The van der Waals surface area contributed by atoms with Gasteiger partial charge in [-0.2, -0.15) is 0 Å². The number of aryl methyl sites for hydroxylation is 1. The number of urea groups is 1. The molecule has 2 amide bonds. The zero-order valence-corrected chi connectivity index (χ0v) is 20.0. The lowest BCUT2D eigenvalue weighted by Gasteiger charge is -2.21. The van der Waals surface area contributed by atoms with Gasteiger partial charge >= 0.3 is 11.7 Å². The van der Waals surface area contributed by atoms with Crippen LogP contribution in [0.2, 0.25) is 0 Å². The van der Waals surface area contributed by atoms with Gasteiger partial charge in [-0.25, -0.2) is 9.59 Å². The second kappa shape index (κ2) is 10.4. The van der Waals surface area contributed by atoms with Crippen LogP contribution in [-0.2, 0) is 13.0 Å². The normalized spacial score (nSPS) is 11.0. The lowest BCUT2D eigenvalue weighted by molar-refractivity contribution is 0.240. The number of benzene rings is 3. The first-order valence-electron chi connectivity index (χ1n) is 11.8. The van der Waals surface area contributed by atoms with Crippen LogP contribution in [0, 0.1) is 6.92 Å². The SMILES string of the molecule is CCN(CC)c1ccc2c(C)c(CCNC(=O)NCc3ccc4ccccc4c3)c(=O)oc2c1. The molecular formula is C28H31N3O3. The van der Waals surface area contributed by atoms with E-state index in [1.54, 1.807) is 0 Å². The summed E-state index contributed by atoms with van der Waals surface area (Å²) in [6.07, 6.45) is 0.408. The molecule has 0 saturated heterocycles. The van der Waals surface area contributed by atoms with Gasteiger partial charge in [-0.05, 0) is 67.3 Å². The van der Waals surface area contributed by atoms with Crippen molar-refractivity contribution in [2.24, 2.45) is 0 Å². The third-order valence-electron chi connectivity index (χ3n) is 6.33. The summed E-state index contributed by atoms with van der Waals surface area (Å²) in [6, 6.07) is 20.0. The molecule has 6 nitrogen and oxygen atoms in total. The number of fused-ring (bicyclic) bond motifs is 2. The Labute approximate surface area is 199 Å². The lowest BCUT2D eigenvalue weighted by atomic mass is 10.0. The largest absolute Gasteiger partial charge is 0.422 e. The van der Waals surface area contributed by atoms with Crippen molar-refractivity contribution in [3.8, 4) is 0 Å². The highest BCUT2D eigenvalue weighted by molar-refractivity contribution is 5.85. The summed E-state index contributed by atoms with van der Waals surface area (Å²) < 4.78 is 5.64. The van der Waals surface area contributed by atoms with Crippen LogP contribution in [0.4, 0.5) is 10.5 Å². The van der Waals surface area contributed by atoms with Crippen LogP contribution < -0.4 is 21.2 Å². The number of carbonyl (C=O) groups excluding carboxylic acids is 1. The van der Waals surface area contributed by atoms with Gasteiger partial charge in [-0.1, -0.05) is 36.4 Å². The van der Waals surface area contributed by atoms with Crippen LogP contribution in [0.3, 0.4) is 0 Å². The van der Waals surface area contributed by atoms with Gasteiger partial charge in [0, 0.05) is 48.9 Å². The van der Waals surface area contributed by atoms with Crippen LogP contribution in [0.25, 0.3) is 21.7 Å². The fourth-order valence-corrected chi connectivity index (χ4v) is 4.35. The van der Waals surface area contributed by atoms with E-state index in [-0.39, 0.29) is 11.7 Å². The van der Waals surface area contributed by atoms with Crippen LogP contribution in [0.1, 0.15) is 30.5 Å². The molecule has 0 spiro atoms. The molecule has 34 heavy (non-hydrogen) atoms. The molecule has 1 heterocycles. The molecule has 2 N–H and O–H groups in total. The van der Waals surface area contributed by atoms with Crippen LogP contribution in [0.15, 0.2) is 69.9 Å². The smallest absolute Gasteiger partial charge is 0.339 e. The molecule has 0 bridgehead atoms. The first-order chi connectivity index (χ1) is 16.5. The summed E-state index contributed by atoms with van der Waals surface area (Å²) in [5, 5.41) is 8.96. The minimum Gasteiger partial charge on any atom is -0.422 e. The number of nitrogens with one attached hydrogen (secondary N) is 2. The van der Waals surface area contributed by atoms with Gasteiger partial charge in [0.05, 0.1) is 0 Å². The number of hydrogen-bond acceptors (Lipinski definition) is 4. The van der Waals surface area contributed by atoms with Gasteiger partial charge in [-0.3, -0.25) is 0 Å². The molecule has 4 rings (SSSR count). The monoisotopic (exact) mass is 457 g/mol. The van der Waals surface area contributed by atoms with E-state index < -0.39 is 0 Å². The number of amides is 2. The van der Waals surface area contributed by atoms with Crippen molar-refractivity contribution < 1.29 is 9.21 Å². The Balaban J connectivity index is 1.37. The molecule has 4 aromatic rings. The van der Waals surface area contributed by atoms with Gasteiger partial charge in [0.15, 0.2) is 0 Å². The van der Waals surface area contributed by atoms with Gasteiger partial charge in [0.2, 0.25) is 0 Å². The molecule has 0 radical (unpaired) electrons. The maximum absolute atomic E-state index is 12.7. The van der Waals surface area contributed by atoms with Crippen molar-refractivity contribution >= 4 is 33.5 Å². The van der Waals surface area contributed by atoms with Crippen LogP contribution >= 0.6 is 0 Å². The van der Waals surface area contributed by atoms with E-state index in [0.717, 1.165) is 40.7 Å². The molecular weight excluding hydrogens is 426 g/mol. The summed E-state index contributed by atoms with van der Waals surface area (Å²) >= 11 is 0. The second-order valence-electron chi connectivity index (χ2n) is 8.39. The van der Waals surface area contributed by atoms with E-state index in [2.05, 4.69) is 59.7 Å². The Kier molecular flexibility index (Phi) is 7.16. The fourth-order valence-electron chi connectivity index (χ4n) is 4.35. The summed E-state index contributed by atoms with van der Waals surface area (Å²) in [7, 11) is 0. The van der Waals surface area contributed by atoms with Crippen LogP contribution in [-0.4, -0.2) is 25.7 Å². The Bertz CT molecular complexity index is 1370. The molecule has 6 heteroatoms. The predicted molar refractivity (Wildman–Crippen MR) is 139 cm³/mol. The Morgan fingerprint density at radius 2 is 1.71 bits per heavy atom. The first-order valence-corrected chi connectivity index (χ1v) is 11.8. The molecule has 0 aliphatic rings. The molecule has 0 fully saturated rings.